The predicted octanol–water partition coefficient (Wildman–Crippen LogP) is 1.25. The Bertz CT molecular complexity index is 428. The number of ether oxygens (including phenoxy) is 1. The molecule has 2 N–H and O–H groups in total. The fraction of sp³-hybridized carbons (Fsp3) is 0.562. The Morgan fingerprint density at radius 1 is 1.14 bits per heavy atom. The van der Waals surface area contributed by atoms with E-state index in [1.807, 2.05) is 24.3 Å². The Morgan fingerprint density at radius 2 is 1.86 bits per heavy atom. The molecule has 1 aromatic rings. The minimum atomic E-state index is -0.0122. The molecule has 0 spiro atoms. The van der Waals surface area contributed by atoms with Gasteiger partial charge in [0.1, 0.15) is 0 Å². The molecule has 1 aliphatic rings. The average Bonchev–Trinajstić information content (AvgIpc) is 2.55. The average molecular weight is 291 g/mol. The van der Waals surface area contributed by atoms with Crippen molar-refractivity contribution in [2.75, 3.05) is 50.8 Å². The van der Waals surface area contributed by atoms with E-state index in [1.165, 1.54) is 0 Å². The van der Waals surface area contributed by atoms with E-state index >= 15 is 0 Å². The normalized spacial score (nSPS) is 15.0. The van der Waals surface area contributed by atoms with Crippen LogP contribution in [0, 0.1) is 0 Å². The maximum absolute atomic E-state index is 12.0. The molecular formula is C16H25N3O2. The van der Waals surface area contributed by atoms with E-state index in [-0.39, 0.29) is 5.91 Å². The second-order valence-corrected chi connectivity index (χ2v) is 5.15. The molecule has 1 saturated heterocycles. The Morgan fingerprint density at radius 3 is 2.52 bits per heavy atom. The summed E-state index contributed by atoms with van der Waals surface area (Å²) in [6, 6.07) is 7.80. The summed E-state index contributed by atoms with van der Waals surface area (Å²) >= 11 is 0. The molecule has 0 aromatic heterocycles. The van der Waals surface area contributed by atoms with Gasteiger partial charge in [0.2, 0.25) is 0 Å². The van der Waals surface area contributed by atoms with Crippen molar-refractivity contribution < 1.29 is 9.53 Å². The van der Waals surface area contributed by atoms with Crippen LogP contribution in [0.3, 0.4) is 0 Å². The molecule has 0 unspecified atom stereocenters. The van der Waals surface area contributed by atoms with Crippen LogP contribution in [0.25, 0.3) is 0 Å². The van der Waals surface area contributed by atoms with Gasteiger partial charge in [-0.2, -0.15) is 0 Å². The SMILES string of the molecule is CCCNCCNC(=O)c1ccc(N2CCOCC2)cc1. The molecule has 1 aliphatic heterocycles. The minimum Gasteiger partial charge on any atom is -0.378 e. The van der Waals surface area contributed by atoms with Gasteiger partial charge < -0.3 is 20.3 Å². The van der Waals surface area contributed by atoms with Gasteiger partial charge in [0.25, 0.3) is 5.91 Å². The number of carbonyl (C=O) groups is 1. The first-order chi connectivity index (χ1) is 10.3. The van der Waals surface area contributed by atoms with E-state index < -0.39 is 0 Å². The van der Waals surface area contributed by atoms with Gasteiger partial charge in [-0.3, -0.25) is 4.79 Å². The molecule has 2 rings (SSSR count). The summed E-state index contributed by atoms with van der Waals surface area (Å²) in [5.41, 5.74) is 1.86. The molecule has 116 valence electrons. The van der Waals surface area contributed by atoms with Gasteiger partial charge in [0, 0.05) is 37.4 Å². The van der Waals surface area contributed by atoms with Gasteiger partial charge in [0.05, 0.1) is 13.2 Å². The van der Waals surface area contributed by atoms with Crippen LogP contribution in [0.15, 0.2) is 24.3 Å². The number of benzene rings is 1. The van der Waals surface area contributed by atoms with Crippen LogP contribution >= 0.6 is 0 Å². The lowest BCUT2D eigenvalue weighted by Crippen LogP contribution is -2.36. The number of hydrogen-bond acceptors (Lipinski definition) is 4. The zero-order valence-corrected chi connectivity index (χ0v) is 12.7. The first kappa shape index (κ1) is 15.8. The summed E-state index contributed by atoms with van der Waals surface area (Å²) in [5, 5.41) is 6.18. The van der Waals surface area contributed by atoms with Crippen molar-refractivity contribution in [1.82, 2.24) is 10.6 Å². The Labute approximate surface area is 126 Å². The maximum Gasteiger partial charge on any atom is 0.251 e. The second kappa shape index (κ2) is 8.64. The lowest BCUT2D eigenvalue weighted by molar-refractivity contribution is 0.0954. The molecule has 1 fully saturated rings. The number of morpholine rings is 1. The van der Waals surface area contributed by atoms with Crippen molar-refractivity contribution in [3.63, 3.8) is 0 Å². The Balaban J connectivity index is 1.79. The summed E-state index contributed by atoms with van der Waals surface area (Å²) in [4.78, 5) is 14.3. The first-order valence-corrected chi connectivity index (χ1v) is 7.73. The van der Waals surface area contributed by atoms with E-state index in [0.717, 1.165) is 51.5 Å². The fourth-order valence-electron chi connectivity index (χ4n) is 2.31. The quantitative estimate of drug-likeness (QED) is 0.743. The summed E-state index contributed by atoms with van der Waals surface area (Å²) < 4.78 is 5.34. The van der Waals surface area contributed by atoms with Crippen molar-refractivity contribution in [1.29, 1.82) is 0 Å². The number of rotatable bonds is 7. The molecule has 0 atom stereocenters. The van der Waals surface area contributed by atoms with E-state index in [9.17, 15) is 4.79 Å². The van der Waals surface area contributed by atoms with Crippen LogP contribution in [-0.4, -0.2) is 51.8 Å². The highest BCUT2D eigenvalue weighted by atomic mass is 16.5. The summed E-state index contributed by atoms with van der Waals surface area (Å²) in [6.07, 6.45) is 1.11. The first-order valence-electron chi connectivity index (χ1n) is 7.73. The van der Waals surface area contributed by atoms with E-state index in [1.54, 1.807) is 0 Å². The summed E-state index contributed by atoms with van der Waals surface area (Å²) in [5.74, 6) is -0.0122. The lowest BCUT2D eigenvalue weighted by Gasteiger charge is -2.28. The number of nitrogens with one attached hydrogen (secondary N) is 2. The zero-order valence-electron chi connectivity index (χ0n) is 12.7. The number of anilines is 1. The lowest BCUT2D eigenvalue weighted by atomic mass is 10.1. The molecule has 0 radical (unpaired) electrons. The van der Waals surface area contributed by atoms with E-state index in [4.69, 9.17) is 4.74 Å². The standard InChI is InChI=1S/C16H25N3O2/c1-2-7-17-8-9-18-16(20)14-3-5-15(6-4-14)19-10-12-21-13-11-19/h3-6,17H,2,7-13H2,1H3,(H,18,20). The number of amides is 1. The molecule has 1 aromatic carbocycles. The number of carbonyl (C=O) groups excluding carboxylic acids is 1. The van der Waals surface area contributed by atoms with E-state index in [2.05, 4.69) is 22.5 Å². The van der Waals surface area contributed by atoms with Gasteiger partial charge in [-0.05, 0) is 37.2 Å². The third kappa shape index (κ3) is 5.02. The molecule has 5 nitrogen and oxygen atoms in total. The van der Waals surface area contributed by atoms with Gasteiger partial charge in [-0.25, -0.2) is 0 Å². The van der Waals surface area contributed by atoms with Crippen LogP contribution in [0.4, 0.5) is 5.69 Å². The molecule has 1 heterocycles. The smallest absolute Gasteiger partial charge is 0.251 e. The van der Waals surface area contributed by atoms with Crippen molar-refractivity contribution >= 4 is 11.6 Å². The summed E-state index contributed by atoms with van der Waals surface area (Å²) in [7, 11) is 0. The predicted molar refractivity (Wildman–Crippen MR) is 85.0 cm³/mol. The molecule has 21 heavy (non-hydrogen) atoms. The van der Waals surface area contributed by atoms with Crippen LogP contribution in [0.2, 0.25) is 0 Å². The van der Waals surface area contributed by atoms with E-state index in [0.29, 0.717) is 12.1 Å². The minimum absolute atomic E-state index is 0.0122. The molecule has 1 amide bonds. The highest BCUT2D eigenvalue weighted by Gasteiger charge is 2.11. The maximum atomic E-state index is 12.0. The van der Waals surface area contributed by atoms with Gasteiger partial charge in [-0.1, -0.05) is 6.92 Å². The van der Waals surface area contributed by atoms with Crippen molar-refractivity contribution in [2.45, 2.75) is 13.3 Å². The highest BCUT2D eigenvalue weighted by Crippen LogP contribution is 2.16. The molecule has 0 saturated carbocycles. The van der Waals surface area contributed by atoms with Crippen molar-refractivity contribution in [3.8, 4) is 0 Å². The molecule has 5 heteroatoms. The third-order valence-electron chi connectivity index (χ3n) is 3.52. The van der Waals surface area contributed by atoms with Gasteiger partial charge in [-0.15, -0.1) is 0 Å². The molecule has 0 bridgehead atoms. The summed E-state index contributed by atoms with van der Waals surface area (Å²) in [6.45, 7) is 7.95. The second-order valence-electron chi connectivity index (χ2n) is 5.15. The van der Waals surface area contributed by atoms with Crippen LogP contribution in [-0.2, 0) is 4.74 Å². The fourth-order valence-corrected chi connectivity index (χ4v) is 2.31. The zero-order chi connectivity index (χ0) is 14.9. The van der Waals surface area contributed by atoms with Crippen LogP contribution < -0.4 is 15.5 Å². The number of hydrogen-bond donors (Lipinski definition) is 2. The number of nitrogens with zero attached hydrogens (tertiary/aromatic N) is 1. The third-order valence-corrected chi connectivity index (χ3v) is 3.52. The molecule has 0 aliphatic carbocycles. The van der Waals surface area contributed by atoms with Crippen LogP contribution in [0.5, 0.6) is 0 Å². The van der Waals surface area contributed by atoms with Crippen molar-refractivity contribution in [3.05, 3.63) is 29.8 Å². The topological polar surface area (TPSA) is 53.6 Å². The Kier molecular flexibility index (Phi) is 6.50. The molecular weight excluding hydrogens is 266 g/mol. The van der Waals surface area contributed by atoms with Crippen LogP contribution in [0.1, 0.15) is 23.7 Å². The van der Waals surface area contributed by atoms with Gasteiger partial charge >= 0.3 is 0 Å². The monoisotopic (exact) mass is 291 g/mol. The van der Waals surface area contributed by atoms with Crippen molar-refractivity contribution in [2.24, 2.45) is 0 Å². The largest absolute Gasteiger partial charge is 0.378 e. The highest BCUT2D eigenvalue weighted by molar-refractivity contribution is 5.94. The van der Waals surface area contributed by atoms with Gasteiger partial charge in [0.15, 0.2) is 0 Å². The Hall–Kier alpha value is -1.59.